The van der Waals surface area contributed by atoms with Crippen LogP contribution in [0.25, 0.3) is 0 Å². The summed E-state index contributed by atoms with van der Waals surface area (Å²) in [5.74, 6) is 0.00707. The van der Waals surface area contributed by atoms with Crippen molar-refractivity contribution in [2.45, 2.75) is 13.0 Å². The summed E-state index contributed by atoms with van der Waals surface area (Å²) in [6.07, 6.45) is 1.85. The van der Waals surface area contributed by atoms with Gasteiger partial charge >= 0.3 is 0 Å². The van der Waals surface area contributed by atoms with Crippen LogP contribution in [0.3, 0.4) is 0 Å². The molecule has 4 heteroatoms. The van der Waals surface area contributed by atoms with Gasteiger partial charge in [0.15, 0.2) is 0 Å². The fourth-order valence-corrected chi connectivity index (χ4v) is 1.59. The molecule has 0 atom stereocenters. The van der Waals surface area contributed by atoms with Gasteiger partial charge in [0.05, 0.1) is 18.7 Å². The van der Waals surface area contributed by atoms with E-state index in [2.05, 4.69) is 10.3 Å². The molecule has 0 saturated carbocycles. The Kier molecular flexibility index (Phi) is 3.91. The topological polar surface area (TPSA) is 62.2 Å². The molecule has 0 saturated heterocycles. The average Bonchev–Trinajstić information content (AvgIpc) is 2.40. The number of carbonyl (C=O) groups excluding carboxylic acids is 1. The van der Waals surface area contributed by atoms with Gasteiger partial charge in [-0.05, 0) is 18.2 Å². The van der Waals surface area contributed by atoms with Gasteiger partial charge in [0.1, 0.15) is 5.75 Å². The van der Waals surface area contributed by atoms with Crippen LogP contribution in [0.5, 0.6) is 5.75 Å². The second kappa shape index (κ2) is 5.82. The molecule has 0 unspecified atom stereocenters. The molecule has 0 bridgehead atoms. The maximum Gasteiger partial charge on any atom is 0.224 e. The first-order valence-corrected chi connectivity index (χ1v) is 5.69. The van der Waals surface area contributed by atoms with Gasteiger partial charge in [0, 0.05) is 11.8 Å². The van der Waals surface area contributed by atoms with Crippen LogP contribution >= 0.6 is 0 Å². The summed E-state index contributed by atoms with van der Waals surface area (Å²) in [6.45, 7) is 0.396. The number of nitrogens with zero attached hydrogens (tertiary/aromatic N) is 1. The summed E-state index contributed by atoms with van der Waals surface area (Å²) >= 11 is 0. The number of aromatic hydroxyl groups is 1. The summed E-state index contributed by atoms with van der Waals surface area (Å²) in [5, 5.41) is 12.3. The van der Waals surface area contributed by atoms with Crippen molar-refractivity contribution in [2.24, 2.45) is 0 Å². The molecule has 1 heterocycles. The van der Waals surface area contributed by atoms with Crippen molar-refractivity contribution in [3.05, 3.63) is 59.9 Å². The van der Waals surface area contributed by atoms with Gasteiger partial charge in [-0.3, -0.25) is 9.78 Å². The molecule has 92 valence electrons. The van der Waals surface area contributed by atoms with Crippen LogP contribution in [0.2, 0.25) is 0 Å². The van der Waals surface area contributed by atoms with E-state index >= 15 is 0 Å². The maximum absolute atomic E-state index is 11.7. The van der Waals surface area contributed by atoms with Gasteiger partial charge in [0.25, 0.3) is 0 Å². The second-order valence-electron chi connectivity index (χ2n) is 3.90. The number of phenolic OH excluding ortho intramolecular Hbond substituents is 1. The minimum atomic E-state index is -0.137. The lowest BCUT2D eigenvalue weighted by atomic mass is 10.1. The van der Waals surface area contributed by atoms with Gasteiger partial charge in [-0.15, -0.1) is 0 Å². The van der Waals surface area contributed by atoms with Crippen LogP contribution in [0.4, 0.5) is 0 Å². The number of phenols is 1. The summed E-state index contributed by atoms with van der Waals surface area (Å²) in [7, 11) is 0. The van der Waals surface area contributed by atoms with E-state index < -0.39 is 0 Å². The lowest BCUT2D eigenvalue weighted by molar-refractivity contribution is -0.120. The molecule has 0 fully saturated rings. The highest BCUT2D eigenvalue weighted by molar-refractivity contribution is 5.79. The summed E-state index contributed by atoms with van der Waals surface area (Å²) < 4.78 is 0. The molecule has 2 aromatic rings. The predicted molar refractivity (Wildman–Crippen MR) is 67.9 cm³/mol. The van der Waals surface area contributed by atoms with Gasteiger partial charge in [0.2, 0.25) is 5.91 Å². The predicted octanol–water partition coefficient (Wildman–Crippen LogP) is 1.65. The molecule has 0 radical (unpaired) electrons. The molecule has 1 aromatic heterocycles. The van der Waals surface area contributed by atoms with Crippen molar-refractivity contribution < 1.29 is 9.90 Å². The number of hydrogen-bond donors (Lipinski definition) is 2. The highest BCUT2D eigenvalue weighted by Gasteiger charge is 2.06. The average molecular weight is 242 g/mol. The molecule has 0 aliphatic heterocycles. The Morgan fingerprint density at radius 1 is 1.17 bits per heavy atom. The van der Waals surface area contributed by atoms with Crippen molar-refractivity contribution >= 4 is 5.91 Å². The summed E-state index contributed by atoms with van der Waals surface area (Å²) in [4.78, 5) is 15.8. The van der Waals surface area contributed by atoms with E-state index in [-0.39, 0.29) is 18.1 Å². The SMILES string of the molecule is O=C(Cc1ccccc1O)NCc1ccccn1. The number of amides is 1. The summed E-state index contributed by atoms with van der Waals surface area (Å²) in [5.41, 5.74) is 1.43. The van der Waals surface area contributed by atoms with Crippen LogP contribution in [0.15, 0.2) is 48.7 Å². The Morgan fingerprint density at radius 3 is 2.67 bits per heavy atom. The number of aromatic nitrogens is 1. The van der Waals surface area contributed by atoms with Gasteiger partial charge in [-0.2, -0.15) is 0 Å². The molecule has 0 spiro atoms. The molecule has 0 aliphatic rings. The summed E-state index contributed by atoms with van der Waals surface area (Å²) in [6, 6.07) is 12.4. The van der Waals surface area contributed by atoms with E-state index in [1.165, 1.54) is 0 Å². The Hall–Kier alpha value is -2.36. The van der Waals surface area contributed by atoms with Gasteiger partial charge < -0.3 is 10.4 Å². The maximum atomic E-state index is 11.7. The third kappa shape index (κ3) is 3.31. The fraction of sp³-hybridized carbons (Fsp3) is 0.143. The zero-order chi connectivity index (χ0) is 12.8. The van der Waals surface area contributed by atoms with Crippen molar-refractivity contribution in [3.63, 3.8) is 0 Å². The Labute approximate surface area is 105 Å². The number of nitrogens with one attached hydrogen (secondary N) is 1. The first-order chi connectivity index (χ1) is 8.75. The van der Waals surface area contributed by atoms with E-state index in [1.54, 1.807) is 30.5 Å². The van der Waals surface area contributed by atoms with Crippen LogP contribution in [-0.4, -0.2) is 16.0 Å². The van der Waals surface area contributed by atoms with Gasteiger partial charge in [-0.1, -0.05) is 24.3 Å². The van der Waals surface area contributed by atoms with E-state index in [0.717, 1.165) is 5.69 Å². The molecule has 2 N–H and O–H groups in total. The smallest absolute Gasteiger partial charge is 0.224 e. The van der Waals surface area contributed by atoms with Crippen LogP contribution in [0.1, 0.15) is 11.3 Å². The van der Waals surface area contributed by atoms with Gasteiger partial charge in [-0.25, -0.2) is 0 Å². The lowest BCUT2D eigenvalue weighted by Crippen LogP contribution is -2.24. The molecule has 2 rings (SSSR count). The largest absolute Gasteiger partial charge is 0.508 e. The number of pyridine rings is 1. The number of rotatable bonds is 4. The zero-order valence-electron chi connectivity index (χ0n) is 9.84. The normalized spacial score (nSPS) is 10.0. The van der Waals surface area contributed by atoms with Crippen molar-refractivity contribution in [1.82, 2.24) is 10.3 Å². The first kappa shape index (κ1) is 12.1. The molecule has 1 amide bonds. The Morgan fingerprint density at radius 2 is 1.94 bits per heavy atom. The molecule has 1 aromatic carbocycles. The zero-order valence-corrected chi connectivity index (χ0v) is 9.84. The number of hydrogen-bond acceptors (Lipinski definition) is 3. The Balaban J connectivity index is 1.88. The molecular formula is C14H14N2O2. The highest BCUT2D eigenvalue weighted by atomic mass is 16.3. The minimum Gasteiger partial charge on any atom is -0.508 e. The van der Waals surface area contributed by atoms with E-state index in [4.69, 9.17) is 0 Å². The standard InChI is InChI=1S/C14H14N2O2/c17-13-7-2-1-5-11(13)9-14(18)16-10-12-6-3-4-8-15-12/h1-8,17H,9-10H2,(H,16,18). The van der Waals surface area contributed by atoms with E-state index in [9.17, 15) is 9.90 Å². The third-order valence-corrected chi connectivity index (χ3v) is 2.54. The quantitative estimate of drug-likeness (QED) is 0.856. The van der Waals surface area contributed by atoms with Crippen LogP contribution < -0.4 is 5.32 Å². The highest BCUT2D eigenvalue weighted by Crippen LogP contribution is 2.15. The molecule has 4 nitrogen and oxygen atoms in total. The van der Waals surface area contributed by atoms with Crippen molar-refractivity contribution in [3.8, 4) is 5.75 Å². The monoisotopic (exact) mass is 242 g/mol. The minimum absolute atomic E-state index is 0.137. The number of carbonyl (C=O) groups is 1. The van der Waals surface area contributed by atoms with Crippen LogP contribution in [0, 0.1) is 0 Å². The third-order valence-electron chi connectivity index (χ3n) is 2.54. The van der Waals surface area contributed by atoms with E-state index in [0.29, 0.717) is 12.1 Å². The Bertz CT molecular complexity index is 526. The molecular weight excluding hydrogens is 228 g/mol. The second-order valence-corrected chi connectivity index (χ2v) is 3.90. The molecule has 0 aliphatic carbocycles. The fourth-order valence-electron chi connectivity index (χ4n) is 1.59. The number of benzene rings is 1. The lowest BCUT2D eigenvalue weighted by Gasteiger charge is -2.06. The first-order valence-electron chi connectivity index (χ1n) is 5.69. The number of para-hydroxylation sites is 1. The van der Waals surface area contributed by atoms with Crippen molar-refractivity contribution in [1.29, 1.82) is 0 Å². The van der Waals surface area contributed by atoms with Crippen LogP contribution in [-0.2, 0) is 17.8 Å². The molecule has 18 heavy (non-hydrogen) atoms. The van der Waals surface area contributed by atoms with Crippen molar-refractivity contribution in [2.75, 3.05) is 0 Å². The van der Waals surface area contributed by atoms with E-state index in [1.807, 2.05) is 18.2 Å².